The summed E-state index contributed by atoms with van der Waals surface area (Å²) in [5, 5.41) is 11.5. The Morgan fingerprint density at radius 3 is 2.50 bits per heavy atom. The Bertz CT molecular complexity index is 700. The number of carbonyl (C=O) groups is 1. The van der Waals surface area contributed by atoms with Crippen LogP contribution < -0.4 is 10.1 Å². The third-order valence-corrected chi connectivity index (χ3v) is 4.47. The number of nitrogens with zero attached hydrogens (tertiary/aromatic N) is 3. The molecule has 0 radical (unpaired) electrons. The van der Waals surface area contributed by atoms with Crippen molar-refractivity contribution in [1.29, 1.82) is 0 Å². The normalized spacial score (nSPS) is 15.0. The minimum Gasteiger partial charge on any atom is -0.497 e. The van der Waals surface area contributed by atoms with Gasteiger partial charge in [0.25, 0.3) is 5.91 Å². The Kier molecular flexibility index (Phi) is 4.83. The number of amides is 1. The lowest BCUT2D eigenvalue weighted by Crippen LogP contribution is -2.33. The second-order valence-electron chi connectivity index (χ2n) is 6.54. The molecule has 2 aromatic rings. The molecule has 0 atom stereocenters. The zero-order valence-electron chi connectivity index (χ0n) is 14.5. The van der Waals surface area contributed by atoms with Crippen molar-refractivity contribution in [2.75, 3.05) is 7.11 Å². The van der Waals surface area contributed by atoms with E-state index in [1.807, 2.05) is 38.1 Å². The minimum atomic E-state index is -0.120. The molecular weight excluding hydrogens is 304 g/mol. The summed E-state index contributed by atoms with van der Waals surface area (Å²) >= 11 is 0. The van der Waals surface area contributed by atoms with Crippen LogP contribution in [0.15, 0.2) is 24.3 Å². The maximum absolute atomic E-state index is 12.6. The maximum Gasteiger partial charge on any atom is 0.274 e. The first kappa shape index (κ1) is 16.5. The molecule has 6 nitrogen and oxygen atoms in total. The second kappa shape index (κ2) is 7.03. The molecule has 1 saturated carbocycles. The van der Waals surface area contributed by atoms with Gasteiger partial charge in [0.15, 0.2) is 5.69 Å². The number of hydrogen-bond acceptors (Lipinski definition) is 4. The van der Waals surface area contributed by atoms with Crippen LogP contribution in [0.1, 0.15) is 61.6 Å². The molecule has 1 amide bonds. The number of ether oxygens (including phenoxy) is 1. The van der Waals surface area contributed by atoms with E-state index >= 15 is 0 Å². The fraction of sp³-hybridized carbons (Fsp3) is 0.500. The number of aromatic nitrogens is 3. The number of methoxy groups -OCH3 is 1. The summed E-state index contributed by atoms with van der Waals surface area (Å²) < 4.78 is 6.93. The summed E-state index contributed by atoms with van der Waals surface area (Å²) in [5.41, 5.74) is 2.12. The third-order valence-electron chi connectivity index (χ3n) is 4.47. The van der Waals surface area contributed by atoms with Crippen LogP contribution in [0.3, 0.4) is 0 Å². The predicted octanol–water partition coefficient (Wildman–Crippen LogP) is 3.07. The molecule has 6 heteroatoms. The van der Waals surface area contributed by atoms with E-state index in [1.54, 1.807) is 11.8 Å². The Morgan fingerprint density at radius 2 is 1.92 bits per heavy atom. The van der Waals surface area contributed by atoms with Gasteiger partial charge in [-0.1, -0.05) is 31.9 Å². The molecule has 1 aliphatic carbocycles. The molecule has 1 aliphatic rings. The van der Waals surface area contributed by atoms with Crippen molar-refractivity contribution in [3.05, 3.63) is 35.7 Å². The first-order valence-corrected chi connectivity index (χ1v) is 8.51. The zero-order valence-corrected chi connectivity index (χ0v) is 14.5. The minimum absolute atomic E-state index is 0.120. The van der Waals surface area contributed by atoms with E-state index < -0.39 is 0 Å². The fourth-order valence-electron chi connectivity index (χ4n) is 3.21. The SMILES string of the molecule is COc1ccc(-n2nnc(C(=O)NC3CCCC3)c2C(C)C)cc1. The van der Waals surface area contributed by atoms with E-state index in [2.05, 4.69) is 15.6 Å². The standard InChI is InChI=1S/C18H24N4O2/c1-12(2)17-16(18(23)19-13-6-4-5-7-13)20-21-22(17)14-8-10-15(24-3)11-9-14/h8-13H,4-7H2,1-3H3,(H,19,23). The van der Waals surface area contributed by atoms with Crippen LogP contribution in [0.5, 0.6) is 5.75 Å². The lowest BCUT2D eigenvalue weighted by molar-refractivity contribution is 0.0931. The van der Waals surface area contributed by atoms with Crippen molar-refractivity contribution >= 4 is 5.91 Å². The summed E-state index contributed by atoms with van der Waals surface area (Å²) in [7, 11) is 1.63. The Hall–Kier alpha value is -2.37. The van der Waals surface area contributed by atoms with Gasteiger partial charge in [-0.2, -0.15) is 0 Å². The van der Waals surface area contributed by atoms with Crippen LogP contribution in [-0.2, 0) is 0 Å². The van der Waals surface area contributed by atoms with Crippen LogP contribution >= 0.6 is 0 Å². The maximum atomic E-state index is 12.6. The quantitative estimate of drug-likeness (QED) is 0.916. The summed E-state index contributed by atoms with van der Waals surface area (Å²) in [6.07, 6.45) is 4.46. The average molecular weight is 328 g/mol. The highest BCUT2D eigenvalue weighted by Crippen LogP contribution is 2.24. The molecule has 0 aliphatic heterocycles. The van der Waals surface area contributed by atoms with E-state index in [9.17, 15) is 4.79 Å². The van der Waals surface area contributed by atoms with Crippen molar-refractivity contribution in [2.24, 2.45) is 0 Å². The highest BCUT2D eigenvalue weighted by atomic mass is 16.5. The predicted molar refractivity (Wildman–Crippen MR) is 91.7 cm³/mol. The topological polar surface area (TPSA) is 69.0 Å². The molecule has 24 heavy (non-hydrogen) atoms. The summed E-state index contributed by atoms with van der Waals surface area (Å²) in [4.78, 5) is 12.6. The molecule has 1 aromatic carbocycles. The monoisotopic (exact) mass is 328 g/mol. The molecule has 1 N–H and O–H groups in total. The first-order valence-electron chi connectivity index (χ1n) is 8.51. The van der Waals surface area contributed by atoms with Crippen LogP contribution in [0.25, 0.3) is 5.69 Å². The lowest BCUT2D eigenvalue weighted by atomic mass is 10.1. The highest BCUT2D eigenvalue weighted by Gasteiger charge is 2.25. The number of nitrogens with one attached hydrogen (secondary N) is 1. The van der Waals surface area contributed by atoms with Crippen molar-refractivity contribution in [3.8, 4) is 11.4 Å². The van der Waals surface area contributed by atoms with Gasteiger partial charge in [-0.25, -0.2) is 4.68 Å². The molecule has 1 aromatic heterocycles. The van der Waals surface area contributed by atoms with Crippen LogP contribution in [-0.4, -0.2) is 34.1 Å². The number of benzene rings is 1. The largest absolute Gasteiger partial charge is 0.497 e. The molecule has 0 saturated heterocycles. The van der Waals surface area contributed by atoms with E-state index in [1.165, 1.54) is 12.8 Å². The van der Waals surface area contributed by atoms with E-state index in [0.29, 0.717) is 5.69 Å². The van der Waals surface area contributed by atoms with Gasteiger partial charge in [0, 0.05) is 6.04 Å². The van der Waals surface area contributed by atoms with E-state index in [0.717, 1.165) is 30.0 Å². The van der Waals surface area contributed by atoms with Gasteiger partial charge < -0.3 is 10.1 Å². The van der Waals surface area contributed by atoms with E-state index in [-0.39, 0.29) is 17.9 Å². The molecule has 128 valence electrons. The van der Waals surface area contributed by atoms with Gasteiger partial charge in [0.1, 0.15) is 5.75 Å². The van der Waals surface area contributed by atoms with Crippen LogP contribution in [0.4, 0.5) is 0 Å². The zero-order chi connectivity index (χ0) is 17.1. The lowest BCUT2D eigenvalue weighted by Gasteiger charge is -2.14. The molecular formula is C18H24N4O2. The number of hydrogen-bond donors (Lipinski definition) is 1. The smallest absolute Gasteiger partial charge is 0.274 e. The highest BCUT2D eigenvalue weighted by molar-refractivity contribution is 5.93. The molecule has 1 heterocycles. The fourth-order valence-corrected chi connectivity index (χ4v) is 3.21. The summed E-state index contributed by atoms with van der Waals surface area (Å²) in [6, 6.07) is 7.85. The van der Waals surface area contributed by atoms with Crippen molar-refractivity contribution < 1.29 is 9.53 Å². The molecule has 0 unspecified atom stereocenters. The summed E-state index contributed by atoms with van der Waals surface area (Å²) in [6.45, 7) is 4.09. The Morgan fingerprint density at radius 1 is 1.25 bits per heavy atom. The van der Waals surface area contributed by atoms with Crippen molar-refractivity contribution in [2.45, 2.75) is 51.5 Å². The Labute approximate surface area is 142 Å². The van der Waals surface area contributed by atoms with Crippen LogP contribution in [0.2, 0.25) is 0 Å². The Balaban J connectivity index is 1.90. The molecule has 1 fully saturated rings. The summed E-state index contributed by atoms with van der Waals surface area (Å²) in [5.74, 6) is 0.793. The van der Waals surface area contributed by atoms with Crippen molar-refractivity contribution in [1.82, 2.24) is 20.3 Å². The van der Waals surface area contributed by atoms with Gasteiger partial charge in [-0.05, 0) is 43.0 Å². The van der Waals surface area contributed by atoms with E-state index in [4.69, 9.17) is 4.74 Å². The van der Waals surface area contributed by atoms with Gasteiger partial charge in [0.05, 0.1) is 18.5 Å². The van der Waals surface area contributed by atoms with Gasteiger partial charge in [-0.15, -0.1) is 5.10 Å². The molecule has 0 spiro atoms. The average Bonchev–Trinajstić information content (AvgIpc) is 3.24. The van der Waals surface area contributed by atoms with Crippen molar-refractivity contribution in [3.63, 3.8) is 0 Å². The second-order valence-corrected chi connectivity index (χ2v) is 6.54. The van der Waals surface area contributed by atoms with Gasteiger partial charge in [-0.3, -0.25) is 4.79 Å². The number of rotatable bonds is 5. The van der Waals surface area contributed by atoms with Gasteiger partial charge in [0.2, 0.25) is 0 Å². The third kappa shape index (κ3) is 3.27. The molecule has 3 rings (SSSR count). The molecule has 0 bridgehead atoms. The number of carbonyl (C=O) groups excluding carboxylic acids is 1. The van der Waals surface area contributed by atoms with Gasteiger partial charge >= 0.3 is 0 Å². The van der Waals surface area contributed by atoms with Crippen LogP contribution in [0, 0.1) is 0 Å². The first-order chi connectivity index (χ1) is 11.6.